The Morgan fingerprint density at radius 2 is 1.84 bits per heavy atom. The van der Waals surface area contributed by atoms with Crippen molar-refractivity contribution in [3.8, 4) is 0 Å². The fourth-order valence-corrected chi connectivity index (χ4v) is 6.06. The van der Waals surface area contributed by atoms with Crippen molar-refractivity contribution in [2.45, 2.75) is 16.6 Å². The molecule has 2 saturated heterocycles. The van der Waals surface area contributed by atoms with E-state index in [1.165, 1.54) is 38.0 Å². The van der Waals surface area contributed by atoms with Crippen molar-refractivity contribution in [2.75, 3.05) is 58.8 Å². The third-order valence-electron chi connectivity index (χ3n) is 6.01. The molecule has 2 aliphatic heterocycles. The number of para-hydroxylation sites is 1. The number of rotatable bonds is 9. The van der Waals surface area contributed by atoms with Gasteiger partial charge in [-0.25, -0.2) is 17.7 Å². The number of carbonyl (C=O) groups excluding carboxylic acids is 2. The van der Waals surface area contributed by atoms with Crippen LogP contribution < -0.4 is 5.32 Å². The molecule has 0 saturated carbocycles. The molecule has 10 nitrogen and oxygen atoms in total. The molecule has 2 aromatic rings. The fourth-order valence-electron chi connectivity index (χ4n) is 3.93. The van der Waals surface area contributed by atoms with Crippen LogP contribution in [0.1, 0.15) is 6.42 Å². The highest BCUT2D eigenvalue weighted by atomic mass is 32.2. The van der Waals surface area contributed by atoms with Crippen LogP contribution in [0.5, 0.6) is 0 Å². The molecule has 1 N–H and O–H groups in total. The SMILES string of the molecule is CN(C)S(=O)(=O)c1cccc(N=C2S[C@@H](CC(=O)Nc3ccccc3)C(=O)N2CCN2CCOCC2)c1. The van der Waals surface area contributed by atoms with Gasteiger partial charge in [-0.15, -0.1) is 0 Å². The molecular weight excluding hydrogens is 514 g/mol. The first kappa shape index (κ1) is 27.3. The maximum Gasteiger partial charge on any atom is 0.242 e. The van der Waals surface area contributed by atoms with Gasteiger partial charge in [-0.3, -0.25) is 19.4 Å². The molecule has 0 aromatic heterocycles. The van der Waals surface area contributed by atoms with Crippen molar-refractivity contribution in [2.24, 2.45) is 4.99 Å². The zero-order chi connectivity index (χ0) is 26.4. The minimum Gasteiger partial charge on any atom is -0.379 e. The molecule has 2 fully saturated rings. The number of amides is 2. The minimum absolute atomic E-state index is 0.000513. The van der Waals surface area contributed by atoms with Crippen molar-refractivity contribution in [3.05, 3.63) is 54.6 Å². The Balaban J connectivity index is 1.54. The van der Waals surface area contributed by atoms with Crippen LogP contribution in [0.25, 0.3) is 0 Å². The Hall–Kier alpha value is -2.77. The number of nitrogens with one attached hydrogen (secondary N) is 1. The van der Waals surface area contributed by atoms with E-state index in [0.717, 1.165) is 17.4 Å². The number of carbonyl (C=O) groups is 2. The van der Waals surface area contributed by atoms with E-state index >= 15 is 0 Å². The molecule has 198 valence electrons. The van der Waals surface area contributed by atoms with Gasteiger partial charge in [-0.1, -0.05) is 36.0 Å². The summed E-state index contributed by atoms with van der Waals surface area (Å²) in [6, 6.07) is 15.4. The summed E-state index contributed by atoms with van der Waals surface area (Å²) in [6.45, 7) is 3.94. The van der Waals surface area contributed by atoms with Gasteiger partial charge in [-0.2, -0.15) is 0 Å². The summed E-state index contributed by atoms with van der Waals surface area (Å²) in [6.07, 6.45) is 0.000513. The molecule has 0 spiro atoms. The number of anilines is 1. The second kappa shape index (κ2) is 12.2. The zero-order valence-corrected chi connectivity index (χ0v) is 22.5. The standard InChI is InChI=1S/C25H31N5O5S2/c1-28(2)37(33,34)21-10-6-9-20(17-21)27-25-30(12-11-29-13-15-35-16-14-29)24(32)22(36-25)18-23(31)26-19-7-4-3-5-8-19/h3-10,17,22H,11-16,18H2,1-2H3,(H,26,31)/t22-/m0/s1. The molecule has 2 aromatic carbocycles. The Morgan fingerprint density at radius 3 is 2.54 bits per heavy atom. The maximum absolute atomic E-state index is 13.4. The monoisotopic (exact) mass is 545 g/mol. The van der Waals surface area contributed by atoms with Gasteiger partial charge in [-0.05, 0) is 30.3 Å². The van der Waals surface area contributed by atoms with Crippen LogP contribution in [-0.4, -0.2) is 98.2 Å². The third kappa shape index (κ3) is 6.96. The molecule has 2 amide bonds. The first-order valence-corrected chi connectivity index (χ1v) is 14.3. The predicted molar refractivity (Wildman–Crippen MR) is 144 cm³/mol. The van der Waals surface area contributed by atoms with Gasteiger partial charge in [0.2, 0.25) is 21.8 Å². The number of aliphatic imine (C=N–C) groups is 1. The molecule has 2 heterocycles. The van der Waals surface area contributed by atoms with Crippen LogP contribution in [-0.2, 0) is 24.3 Å². The molecule has 1 atom stereocenters. The van der Waals surface area contributed by atoms with Gasteiger partial charge in [0.1, 0.15) is 5.25 Å². The summed E-state index contributed by atoms with van der Waals surface area (Å²) < 4.78 is 31.7. The number of benzene rings is 2. The topological polar surface area (TPSA) is 112 Å². The Morgan fingerprint density at radius 1 is 1.11 bits per heavy atom. The molecule has 0 radical (unpaired) electrons. The van der Waals surface area contributed by atoms with Gasteiger partial charge in [0, 0.05) is 52.4 Å². The van der Waals surface area contributed by atoms with E-state index in [-0.39, 0.29) is 23.1 Å². The second-order valence-electron chi connectivity index (χ2n) is 8.85. The zero-order valence-electron chi connectivity index (χ0n) is 20.9. The minimum atomic E-state index is -3.63. The molecular formula is C25H31N5O5S2. The van der Waals surface area contributed by atoms with Crippen LogP contribution in [0.2, 0.25) is 0 Å². The first-order chi connectivity index (χ1) is 17.7. The molecule has 0 unspecified atom stereocenters. The van der Waals surface area contributed by atoms with Crippen molar-refractivity contribution >= 4 is 50.1 Å². The lowest BCUT2D eigenvalue weighted by Gasteiger charge is -2.28. The summed E-state index contributed by atoms with van der Waals surface area (Å²) in [5.41, 5.74) is 1.09. The number of amidine groups is 1. The van der Waals surface area contributed by atoms with E-state index in [9.17, 15) is 18.0 Å². The van der Waals surface area contributed by atoms with Gasteiger partial charge in [0.25, 0.3) is 0 Å². The van der Waals surface area contributed by atoms with Crippen LogP contribution in [0.4, 0.5) is 11.4 Å². The number of nitrogens with zero attached hydrogens (tertiary/aromatic N) is 4. The molecule has 2 aliphatic rings. The highest BCUT2D eigenvalue weighted by Crippen LogP contribution is 2.32. The van der Waals surface area contributed by atoms with E-state index in [1.807, 2.05) is 18.2 Å². The summed E-state index contributed by atoms with van der Waals surface area (Å²) in [5.74, 6) is -0.442. The Bertz CT molecular complexity index is 1250. The predicted octanol–water partition coefficient (Wildman–Crippen LogP) is 2.23. The van der Waals surface area contributed by atoms with Gasteiger partial charge in [0.05, 0.1) is 23.8 Å². The average Bonchev–Trinajstić information content (AvgIpc) is 3.17. The molecule has 4 rings (SSSR count). The molecule has 37 heavy (non-hydrogen) atoms. The summed E-state index contributed by atoms with van der Waals surface area (Å²) in [7, 11) is -0.693. The lowest BCUT2D eigenvalue weighted by molar-refractivity contribution is -0.128. The number of morpholine rings is 1. The Labute approximate surface area is 221 Å². The molecule has 0 aliphatic carbocycles. The van der Waals surface area contributed by atoms with E-state index < -0.39 is 15.3 Å². The van der Waals surface area contributed by atoms with E-state index in [1.54, 1.807) is 29.2 Å². The number of ether oxygens (including phenoxy) is 1. The first-order valence-electron chi connectivity index (χ1n) is 12.0. The number of sulfonamides is 1. The molecule has 0 bridgehead atoms. The lowest BCUT2D eigenvalue weighted by Crippen LogP contribution is -2.43. The average molecular weight is 546 g/mol. The van der Waals surface area contributed by atoms with Crippen LogP contribution in [0.3, 0.4) is 0 Å². The third-order valence-corrected chi connectivity index (χ3v) is 9.00. The number of hydrogen-bond donors (Lipinski definition) is 1. The van der Waals surface area contributed by atoms with Crippen molar-refractivity contribution in [1.29, 1.82) is 0 Å². The fraction of sp³-hybridized carbons (Fsp3) is 0.400. The van der Waals surface area contributed by atoms with Crippen molar-refractivity contribution < 1.29 is 22.7 Å². The summed E-state index contributed by atoms with van der Waals surface area (Å²) in [5, 5.41) is 2.66. The van der Waals surface area contributed by atoms with Gasteiger partial charge >= 0.3 is 0 Å². The highest BCUT2D eigenvalue weighted by Gasteiger charge is 2.39. The summed E-state index contributed by atoms with van der Waals surface area (Å²) in [4.78, 5) is 34.7. The van der Waals surface area contributed by atoms with Crippen molar-refractivity contribution in [3.63, 3.8) is 0 Å². The quantitative estimate of drug-likeness (QED) is 0.514. The molecule has 12 heteroatoms. The van der Waals surface area contributed by atoms with Crippen molar-refractivity contribution in [1.82, 2.24) is 14.1 Å². The van der Waals surface area contributed by atoms with Crippen LogP contribution in [0.15, 0.2) is 64.5 Å². The van der Waals surface area contributed by atoms with Gasteiger partial charge in [0.15, 0.2) is 5.17 Å². The highest BCUT2D eigenvalue weighted by molar-refractivity contribution is 8.15. The Kier molecular flexibility index (Phi) is 8.98. The van der Waals surface area contributed by atoms with Crippen LogP contribution in [0, 0.1) is 0 Å². The van der Waals surface area contributed by atoms with E-state index in [0.29, 0.717) is 42.8 Å². The van der Waals surface area contributed by atoms with Crippen LogP contribution >= 0.6 is 11.8 Å². The van der Waals surface area contributed by atoms with Gasteiger partial charge < -0.3 is 10.1 Å². The number of hydrogen-bond acceptors (Lipinski definition) is 8. The second-order valence-corrected chi connectivity index (χ2v) is 12.2. The lowest BCUT2D eigenvalue weighted by atomic mass is 10.2. The smallest absolute Gasteiger partial charge is 0.242 e. The van der Waals surface area contributed by atoms with E-state index in [2.05, 4.69) is 15.2 Å². The maximum atomic E-state index is 13.4. The number of thioether (sulfide) groups is 1. The largest absolute Gasteiger partial charge is 0.379 e. The normalized spacial score (nSPS) is 20.1. The van der Waals surface area contributed by atoms with E-state index in [4.69, 9.17) is 4.74 Å². The summed E-state index contributed by atoms with van der Waals surface area (Å²) >= 11 is 1.23.